The van der Waals surface area contributed by atoms with Gasteiger partial charge in [-0.3, -0.25) is 0 Å². The van der Waals surface area contributed by atoms with Gasteiger partial charge < -0.3 is 5.32 Å². The topological polar surface area (TPSA) is 12.0 Å². The summed E-state index contributed by atoms with van der Waals surface area (Å²) in [6, 6.07) is 9.42. The molecule has 1 aromatic carbocycles. The molecule has 2 aliphatic rings. The van der Waals surface area contributed by atoms with Crippen molar-refractivity contribution < 1.29 is 0 Å². The molecule has 0 aromatic heterocycles. The van der Waals surface area contributed by atoms with E-state index in [4.69, 9.17) is 0 Å². The first kappa shape index (κ1) is 35.9. The third-order valence-corrected chi connectivity index (χ3v) is 8.24. The summed E-state index contributed by atoms with van der Waals surface area (Å²) in [5.74, 6) is 0. The predicted octanol–water partition coefficient (Wildman–Crippen LogP) is 12.5. The molecular weight excluding hydrogens is 555 g/mol. The van der Waals surface area contributed by atoms with Gasteiger partial charge in [-0.15, -0.1) is 0 Å². The Kier molecular flexibility index (Phi) is 15.4. The first-order chi connectivity index (χ1) is 22.5. The molecule has 238 valence electrons. The minimum Gasteiger partial charge on any atom is -0.384 e. The van der Waals surface area contributed by atoms with Gasteiger partial charge in [0.25, 0.3) is 0 Å². The molecule has 46 heavy (non-hydrogen) atoms. The van der Waals surface area contributed by atoms with Crippen molar-refractivity contribution >= 4 is 0 Å². The molecule has 1 atom stereocenters. The second-order valence-electron chi connectivity index (χ2n) is 11.6. The number of benzene rings is 1. The van der Waals surface area contributed by atoms with Crippen LogP contribution in [0.5, 0.6) is 0 Å². The highest BCUT2D eigenvalue weighted by Gasteiger charge is 2.19. The van der Waals surface area contributed by atoms with Gasteiger partial charge in [0.05, 0.1) is 6.04 Å². The van der Waals surface area contributed by atoms with Crippen LogP contribution in [-0.4, -0.2) is 0 Å². The average Bonchev–Trinajstić information content (AvgIpc) is 3.08. The summed E-state index contributed by atoms with van der Waals surface area (Å²) in [6.45, 7) is 20.9. The van der Waals surface area contributed by atoms with Gasteiger partial charge in [-0.05, 0) is 104 Å². The van der Waals surface area contributed by atoms with E-state index >= 15 is 0 Å². The third-order valence-electron chi connectivity index (χ3n) is 8.24. The van der Waals surface area contributed by atoms with E-state index in [1.807, 2.05) is 31.2 Å². The van der Waals surface area contributed by atoms with Crippen LogP contribution in [0.2, 0.25) is 0 Å². The van der Waals surface area contributed by atoms with Crippen LogP contribution < -0.4 is 5.32 Å². The van der Waals surface area contributed by atoms with Gasteiger partial charge >= 0.3 is 0 Å². The van der Waals surface area contributed by atoms with Gasteiger partial charge in [-0.2, -0.15) is 0 Å². The number of hydrogen-bond acceptors (Lipinski definition) is 1. The van der Waals surface area contributed by atoms with Crippen LogP contribution in [0.25, 0.3) is 0 Å². The highest BCUT2D eigenvalue weighted by atomic mass is 14.9. The summed E-state index contributed by atoms with van der Waals surface area (Å²) < 4.78 is 0. The monoisotopic (exact) mass is 607 g/mol. The van der Waals surface area contributed by atoms with Gasteiger partial charge in [-0.25, -0.2) is 0 Å². The van der Waals surface area contributed by atoms with Crippen molar-refractivity contribution in [1.29, 1.82) is 0 Å². The van der Waals surface area contributed by atoms with Crippen LogP contribution in [0.3, 0.4) is 0 Å². The number of rotatable bonds is 13. The minimum absolute atomic E-state index is 0.287. The Bertz CT molecular complexity index is 1580. The van der Waals surface area contributed by atoms with Crippen molar-refractivity contribution in [2.24, 2.45) is 0 Å². The Labute approximate surface area is 280 Å². The standard InChI is InChI=1S/C45H53N/c1-8-13-25-37(11-4)41-30-31-44(46-34-41)40-28-22-24-36(33-40)32-38(12-5)43(23-10-3)45(42(35(6)7)29-14-9-2)39-26-20-18-16-15-17-19-21-27-39/h8-11,13-18,21-29,33-34,44,46H,2,4,6,12,19-20,30-32H2,1,3,5,7H3/b13-8-,17-15-,18-16-,23-10-,27-21-,29-14-,37-25+,39-26+,43-38-,45-42-. The van der Waals surface area contributed by atoms with Crippen molar-refractivity contribution in [3.8, 4) is 0 Å². The van der Waals surface area contributed by atoms with Gasteiger partial charge in [0.1, 0.15) is 0 Å². The number of allylic oxidation sites excluding steroid dienone is 24. The summed E-state index contributed by atoms with van der Waals surface area (Å²) >= 11 is 0. The highest BCUT2D eigenvalue weighted by Crippen LogP contribution is 2.35. The molecule has 1 aliphatic heterocycles. The van der Waals surface area contributed by atoms with E-state index in [-0.39, 0.29) is 6.04 Å². The molecule has 0 radical (unpaired) electrons. The van der Waals surface area contributed by atoms with E-state index in [2.05, 4.69) is 149 Å². The van der Waals surface area contributed by atoms with Crippen LogP contribution in [0.15, 0.2) is 192 Å². The summed E-state index contributed by atoms with van der Waals surface area (Å²) in [4.78, 5) is 0. The van der Waals surface area contributed by atoms with E-state index in [1.54, 1.807) is 0 Å². The van der Waals surface area contributed by atoms with E-state index in [1.165, 1.54) is 44.6 Å². The maximum Gasteiger partial charge on any atom is 0.0511 e. The van der Waals surface area contributed by atoms with Crippen LogP contribution >= 0.6 is 0 Å². The molecule has 0 spiro atoms. The molecule has 1 nitrogen and oxygen atoms in total. The lowest BCUT2D eigenvalue weighted by Gasteiger charge is -2.25. The Morgan fingerprint density at radius 1 is 0.978 bits per heavy atom. The maximum atomic E-state index is 4.42. The van der Waals surface area contributed by atoms with Gasteiger partial charge in [-0.1, -0.05) is 159 Å². The van der Waals surface area contributed by atoms with E-state index in [0.29, 0.717) is 0 Å². The van der Waals surface area contributed by atoms with Crippen LogP contribution in [0, 0.1) is 0 Å². The van der Waals surface area contributed by atoms with Crippen molar-refractivity contribution in [3.05, 3.63) is 203 Å². The lowest BCUT2D eigenvalue weighted by atomic mass is 9.83. The highest BCUT2D eigenvalue weighted by molar-refractivity contribution is 5.65. The SMILES string of the molecule is C=C\C=C/C(C(=C)C)=C(C(/C=C\C)=C(/CC)Cc1cccc(C2CCC(/C(C=C)=C/C=C\C)=CN2)c1)\C1=C\C/C=C\C=C/C\C=C/1. The normalized spacial score (nSPS) is 21.8. The van der Waals surface area contributed by atoms with Gasteiger partial charge in [0, 0.05) is 6.20 Å². The molecule has 1 N–H and O–H groups in total. The van der Waals surface area contributed by atoms with Crippen molar-refractivity contribution in [1.82, 2.24) is 5.32 Å². The molecule has 1 heteroatoms. The molecule has 3 rings (SSSR count). The molecule has 0 fully saturated rings. The Morgan fingerprint density at radius 3 is 2.43 bits per heavy atom. The smallest absolute Gasteiger partial charge is 0.0511 e. The molecule has 0 saturated carbocycles. The lowest BCUT2D eigenvalue weighted by Crippen LogP contribution is -2.21. The summed E-state index contributed by atoms with van der Waals surface area (Å²) in [7, 11) is 0. The van der Waals surface area contributed by atoms with E-state index in [0.717, 1.165) is 49.7 Å². The van der Waals surface area contributed by atoms with Crippen molar-refractivity contribution in [2.45, 2.75) is 72.3 Å². The van der Waals surface area contributed by atoms with Crippen LogP contribution in [0.1, 0.15) is 77.0 Å². The predicted molar refractivity (Wildman–Crippen MR) is 204 cm³/mol. The maximum absolute atomic E-state index is 4.42. The Hall–Kier alpha value is -4.62. The van der Waals surface area contributed by atoms with Crippen molar-refractivity contribution in [2.75, 3.05) is 0 Å². The molecule has 0 saturated heterocycles. The fraction of sp³-hybridized carbons (Fsp3) is 0.244. The van der Waals surface area contributed by atoms with Crippen LogP contribution in [0.4, 0.5) is 0 Å². The zero-order valence-electron chi connectivity index (χ0n) is 28.6. The van der Waals surface area contributed by atoms with Gasteiger partial charge in [0.15, 0.2) is 0 Å². The summed E-state index contributed by atoms with van der Waals surface area (Å²) in [5.41, 5.74) is 12.4. The minimum atomic E-state index is 0.287. The molecule has 1 unspecified atom stereocenters. The first-order valence-corrected chi connectivity index (χ1v) is 16.7. The fourth-order valence-electron chi connectivity index (χ4n) is 5.87. The lowest BCUT2D eigenvalue weighted by molar-refractivity contribution is 0.541. The molecular formula is C45H53N. The zero-order valence-corrected chi connectivity index (χ0v) is 28.6. The molecule has 1 heterocycles. The molecule has 0 bridgehead atoms. The number of hydrogen-bond donors (Lipinski definition) is 1. The van der Waals surface area contributed by atoms with Crippen LogP contribution in [-0.2, 0) is 6.42 Å². The van der Waals surface area contributed by atoms with E-state index < -0.39 is 0 Å². The second-order valence-corrected chi connectivity index (χ2v) is 11.6. The van der Waals surface area contributed by atoms with Crippen molar-refractivity contribution in [3.63, 3.8) is 0 Å². The quantitative estimate of drug-likeness (QED) is 0.220. The van der Waals surface area contributed by atoms with Gasteiger partial charge in [0.2, 0.25) is 0 Å². The Morgan fingerprint density at radius 2 is 1.78 bits per heavy atom. The first-order valence-electron chi connectivity index (χ1n) is 16.7. The molecule has 0 amide bonds. The summed E-state index contributed by atoms with van der Waals surface area (Å²) in [6.07, 6.45) is 42.0. The zero-order chi connectivity index (χ0) is 33.1. The Balaban J connectivity index is 2.10. The second kappa shape index (κ2) is 19.7. The third kappa shape index (κ3) is 10.5. The van der Waals surface area contributed by atoms with E-state index in [9.17, 15) is 0 Å². The average molecular weight is 608 g/mol. The number of nitrogens with one attached hydrogen (secondary N) is 1. The summed E-state index contributed by atoms with van der Waals surface area (Å²) in [5, 5.41) is 3.69. The largest absolute Gasteiger partial charge is 0.384 e. The molecule has 1 aliphatic carbocycles. The molecule has 1 aromatic rings. The fourth-order valence-corrected chi connectivity index (χ4v) is 5.87.